The number of nitrogens with zero attached hydrogens (tertiary/aromatic N) is 2. The Bertz CT molecular complexity index is 1380. The molecule has 0 saturated carbocycles. The van der Waals surface area contributed by atoms with Gasteiger partial charge in [0, 0.05) is 25.1 Å². The molecule has 40 heavy (non-hydrogen) atoms. The molecule has 0 radical (unpaired) electrons. The van der Waals surface area contributed by atoms with E-state index in [0.717, 1.165) is 21.7 Å². The number of hydrogen-bond acceptors (Lipinski definition) is 6. The Morgan fingerprint density at radius 2 is 1.48 bits per heavy atom. The zero-order chi connectivity index (χ0) is 29.3. The molecule has 3 aromatic rings. The van der Waals surface area contributed by atoms with Crippen molar-refractivity contribution in [2.45, 2.75) is 38.9 Å². The number of hydrogen-bond donors (Lipinski definition) is 1. The predicted octanol–water partition coefficient (Wildman–Crippen LogP) is 3.63. The molecule has 0 aliphatic carbocycles. The number of carbonyl (C=O) groups is 2. The fourth-order valence-electron chi connectivity index (χ4n) is 4.30. The number of ether oxygens (including phenoxy) is 2. The summed E-state index contributed by atoms with van der Waals surface area (Å²) >= 11 is 0. The minimum Gasteiger partial charge on any atom is -0.497 e. The normalized spacial score (nSPS) is 11.9. The van der Waals surface area contributed by atoms with Gasteiger partial charge in [0.1, 0.15) is 24.1 Å². The summed E-state index contributed by atoms with van der Waals surface area (Å²) in [6, 6.07) is 22.3. The summed E-state index contributed by atoms with van der Waals surface area (Å²) in [6.07, 6.45) is 1.28. The third-order valence-corrected chi connectivity index (χ3v) is 7.36. The number of nitrogens with one attached hydrogen (secondary N) is 1. The van der Waals surface area contributed by atoms with Crippen molar-refractivity contribution in [3.63, 3.8) is 0 Å². The maximum atomic E-state index is 14.1. The summed E-state index contributed by atoms with van der Waals surface area (Å²) < 4.78 is 37.7. The minimum atomic E-state index is -3.93. The molecule has 0 aliphatic heterocycles. The first-order valence-electron chi connectivity index (χ1n) is 12.9. The lowest BCUT2D eigenvalue weighted by molar-refractivity contribution is -0.140. The van der Waals surface area contributed by atoms with Crippen molar-refractivity contribution in [2.75, 3.05) is 31.3 Å². The lowest BCUT2D eigenvalue weighted by Gasteiger charge is -2.34. The summed E-state index contributed by atoms with van der Waals surface area (Å²) in [5.74, 6) is -0.159. The van der Waals surface area contributed by atoms with Gasteiger partial charge >= 0.3 is 0 Å². The Balaban J connectivity index is 2.07. The first kappa shape index (κ1) is 30.5. The summed E-state index contributed by atoms with van der Waals surface area (Å²) in [6.45, 7) is 3.28. The van der Waals surface area contributed by atoms with Crippen LogP contribution in [0.4, 0.5) is 5.69 Å². The van der Waals surface area contributed by atoms with Crippen LogP contribution in [0, 0.1) is 0 Å². The molecule has 0 heterocycles. The molecule has 1 atom stereocenters. The molecule has 0 aliphatic rings. The fraction of sp³-hybridized carbons (Fsp3) is 0.333. The Morgan fingerprint density at radius 3 is 2.00 bits per heavy atom. The number of benzene rings is 3. The van der Waals surface area contributed by atoms with E-state index in [4.69, 9.17) is 9.47 Å². The molecular formula is C30H37N3O6S. The second kappa shape index (κ2) is 13.8. The molecule has 2 amide bonds. The van der Waals surface area contributed by atoms with Crippen LogP contribution in [0.25, 0.3) is 0 Å². The topological polar surface area (TPSA) is 105 Å². The zero-order valence-electron chi connectivity index (χ0n) is 23.5. The van der Waals surface area contributed by atoms with Crippen molar-refractivity contribution in [1.29, 1.82) is 0 Å². The van der Waals surface area contributed by atoms with Gasteiger partial charge in [0.2, 0.25) is 21.8 Å². The molecule has 0 aromatic heterocycles. The van der Waals surface area contributed by atoms with Gasteiger partial charge in [-0.25, -0.2) is 8.42 Å². The molecule has 3 rings (SSSR count). The van der Waals surface area contributed by atoms with Gasteiger partial charge in [-0.05, 0) is 37.1 Å². The highest BCUT2D eigenvalue weighted by molar-refractivity contribution is 7.92. The average molecular weight is 568 g/mol. The van der Waals surface area contributed by atoms with E-state index < -0.39 is 28.5 Å². The number of amides is 2. The first-order valence-corrected chi connectivity index (χ1v) is 14.8. The molecule has 3 aromatic carbocycles. The van der Waals surface area contributed by atoms with Crippen molar-refractivity contribution in [3.05, 3.63) is 90.0 Å². The van der Waals surface area contributed by atoms with E-state index in [-0.39, 0.29) is 36.4 Å². The van der Waals surface area contributed by atoms with Gasteiger partial charge in [0.15, 0.2) is 0 Å². The van der Waals surface area contributed by atoms with Crippen molar-refractivity contribution in [1.82, 2.24) is 10.2 Å². The number of sulfonamides is 1. The lowest BCUT2D eigenvalue weighted by Crippen LogP contribution is -2.54. The van der Waals surface area contributed by atoms with Gasteiger partial charge in [-0.15, -0.1) is 0 Å². The summed E-state index contributed by atoms with van der Waals surface area (Å²) in [5.41, 5.74) is 1.86. The van der Waals surface area contributed by atoms with Crippen LogP contribution in [0.3, 0.4) is 0 Å². The number of carbonyl (C=O) groups excluding carboxylic acids is 2. The van der Waals surface area contributed by atoms with Crippen LogP contribution < -0.4 is 19.1 Å². The number of anilines is 1. The van der Waals surface area contributed by atoms with E-state index in [9.17, 15) is 18.0 Å². The lowest BCUT2D eigenvalue weighted by atomic mass is 10.0. The van der Waals surface area contributed by atoms with Crippen LogP contribution in [0.15, 0.2) is 78.9 Å². The van der Waals surface area contributed by atoms with E-state index in [2.05, 4.69) is 5.32 Å². The summed E-state index contributed by atoms with van der Waals surface area (Å²) in [4.78, 5) is 29.1. The van der Waals surface area contributed by atoms with Crippen LogP contribution in [-0.4, -0.2) is 64.2 Å². The zero-order valence-corrected chi connectivity index (χ0v) is 24.4. The van der Waals surface area contributed by atoms with Gasteiger partial charge in [-0.2, -0.15) is 0 Å². The monoisotopic (exact) mass is 567 g/mol. The first-order chi connectivity index (χ1) is 19.0. The fourth-order valence-corrected chi connectivity index (χ4v) is 5.15. The van der Waals surface area contributed by atoms with Crippen molar-refractivity contribution >= 4 is 27.5 Å². The van der Waals surface area contributed by atoms with E-state index in [1.807, 2.05) is 74.5 Å². The highest BCUT2D eigenvalue weighted by Gasteiger charge is 2.34. The number of rotatable bonds is 13. The summed E-state index contributed by atoms with van der Waals surface area (Å²) in [5, 5.41) is 2.93. The van der Waals surface area contributed by atoms with E-state index in [0.29, 0.717) is 5.75 Å². The third kappa shape index (κ3) is 8.22. The Labute approximate surface area is 236 Å². The molecule has 9 nitrogen and oxygen atoms in total. The second-order valence-corrected chi connectivity index (χ2v) is 11.6. The highest BCUT2D eigenvalue weighted by atomic mass is 32.2. The van der Waals surface area contributed by atoms with Gasteiger partial charge in [-0.1, -0.05) is 60.7 Å². The van der Waals surface area contributed by atoms with Gasteiger partial charge < -0.3 is 19.7 Å². The Hall–Kier alpha value is -4.05. The minimum absolute atomic E-state index is 0.111. The largest absolute Gasteiger partial charge is 0.497 e. The molecule has 0 spiro atoms. The van der Waals surface area contributed by atoms with E-state index >= 15 is 0 Å². The molecule has 1 N–H and O–H groups in total. The van der Waals surface area contributed by atoms with Gasteiger partial charge in [0.25, 0.3) is 0 Å². The van der Waals surface area contributed by atoms with Crippen LogP contribution in [0.1, 0.15) is 25.0 Å². The van der Waals surface area contributed by atoms with Crippen LogP contribution in [0.5, 0.6) is 11.5 Å². The molecule has 0 saturated heterocycles. The third-order valence-electron chi connectivity index (χ3n) is 6.23. The van der Waals surface area contributed by atoms with Crippen molar-refractivity contribution in [3.8, 4) is 11.5 Å². The van der Waals surface area contributed by atoms with Crippen LogP contribution in [0.2, 0.25) is 0 Å². The van der Waals surface area contributed by atoms with Crippen molar-refractivity contribution < 1.29 is 27.5 Å². The average Bonchev–Trinajstić information content (AvgIpc) is 2.93. The van der Waals surface area contributed by atoms with E-state index in [1.54, 1.807) is 12.1 Å². The predicted molar refractivity (Wildman–Crippen MR) is 156 cm³/mol. The standard InChI is InChI=1S/C30H37N3O6S/c1-22(2)31-30(35)27(18-23-12-8-6-9-13-23)32(20-24-14-10-7-11-15-24)29(34)21-33(40(5,36)37)26-17-16-25(38-3)19-28(26)39-4/h6-17,19,22,27H,18,20-21H2,1-5H3,(H,31,35)/t27-/m1/s1. The SMILES string of the molecule is COc1ccc(N(CC(=O)N(Cc2ccccc2)[C@H](Cc2ccccc2)C(=O)NC(C)C)S(C)(=O)=O)c(OC)c1. The number of methoxy groups -OCH3 is 2. The smallest absolute Gasteiger partial charge is 0.244 e. The van der Waals surface area contributed by atoms with Gasteiger partial charge in [0.05, 0.1) is 26.2 Å². The van der Waals surface area contributed by atoms with Crippen LogP contribution in [-0.2, 0) is 32.6 Å². The highest BCUT2D eigenvalue weighted by Crippen LogP contribution is 2.33. The summed E-state index contributed by atoms with van der Waals surface area (Å²) in [7, 11) is -1.03. The Morgan fingerprint density at radius 1 is 0.875 bits per heavy atom. The van der Waals surface area contributed by atoms with Crippen LogP contribution >= 0.6 is 0 Å². The maximum absolute atomic E-state index is 14.1. The van der Waals surface area contributed by atoms with Gasteiger partial charge in [-0.3, -0.25) is 13.9 Å². The quantitative estimate of drug-likeness (QED) is 0.338. The molecule has 214 valence electrons. The molecule has 0 bridgehead atoms. The molecular weight excluding hydrogens is 530 g/mol. The molecule has 0 fully saturated rings. The van der Waals surface area contributed by atoms with Crippen molar-refractivity contribution in [2.24, 2.45) is 0 Å². The van der Waals surface area contributed by atoms with E-state index in [1.165, 1.54) is 25.2 Å². The maximum Gasteiger partial charge on any atom is 0.244 e. The second-order valence-electron chi connectivity index (χ2n) is 9.68. The Kier molecular flexibility index (Phi) is 10.6. The molecule has 0 unspecified atom stereocenters. The molecule has 10 heteroatoms.